The second-order valence-electron chi connectivity index (χ2n) is 3.76. The number of nitrogens with zero attached hydrogens (tertiary/aromatic N) is 2. The van der Waals surface area contributed by atoms with Gasteiger partial charge in [-0.25, -0.2) is 0 Å². The maximum absolute atomic E-state index is 4.20. The molecule has 0 aliphatic heterocycles. The van der Waals surface area contributed by atoms with E-state index in [1.54, 1.807) is 0 Å². The molecule has 0 fully saturated rings. The molecule has 0 rings (SSSR count). The third-order valence-electron chi connectivity index (χ3n) is 2.26. The van der Waals surface area contributed by atoms with Gasteiger partial charge in [0.2, 0.25) is 0 Å². The van der Waals surface area contributed by atoms with E-state index in [0.29, 0.717) is 0 Å². The normalized spacial score (nSPS) is 11.6. The van der Waals surface area contributed by atoms with E-state index in [-0.39, 0.29) is 0 Å². The summed E-state index contributed by atoms with van der Waals surface area (Å²) >= 11 is 8.41. The Bertz CT molecular complexity index is 109. The standard InChI is InChI=1S/C10H24N2S2/c1-11(5-3-9-13)7-8-12(2)6-4-10-14/h13-14H,3-10H2,1-2H3. The molecule has 0 bridgehead atoms. The molecule has 2 nitrogen and oxygen atoms in total. The zero-order valence-electron chi connectivity index (χ0n) is 9.45. The van der Waals surface area contributed by atoms with E-state index in [1.165, 1.54) is 12.8 Å². The smallest absolute Gasteiger partial charge is 0.0106 e. The van der Waals surface area contributed by atoms with E-state index >= 15 is 0 Å². The summed E-state index contributed by atoms with van der Waals surface area (Å²) in [6.45, 7) is 4.61. The van der Waals surface area contributed by atoms with Crippen molar-refractivity contribution in [2.75, 3.05) is 51.8 Å². The van der Waals surface area contributed by atoms with Crippen molar-refractivity contribution in [3.8, 4) is 0 Å². The highest BCUT2D eigenvalue weighted by atomic mass is 32.1. The van der Waals surface area contributed by atoms with Gasteiger partial charge in [0, 0.05) is 13.1 Å². The average molecular weight is 236 g/mol. The van der Waals surface area contributed by atoms with Crippen LogP contribution in [0.3, 0.4) is 0 Å². The summed E-state index contributed by atoms with van der Waals surface area (Å²) in [6, 6.07) is 0. The molecule has 0 aromatic heterocycles. The van der Waals surface area contributed by atoms with Crippen LogP contribution in [0.5, 0.6) is 0 Å². The fourth-order valence-corrected chi connectivity index (χ4v) is 1.53. The SMILES string of the molecule is CN(CCCS)CCN(C)CCCS. The Morgan fingerprint density at radius 2 is 1.07 bits per heavy atom. The van der Waals surface area contributed by atoms with Crippen LogP contribution in [0.15, 0.2) is 0 Å². The summed E-state index contributed by atoms with van der Waals surface area (Å²) in [4.78, 5) is 4.74. The van der Waals surface area contributed by atoms with Gasteiger partial charge >= 0.3 is 0 Å². The number of rotatable bonds is 9. The van der Waals surface area contributed by atoms with E-state index in [9.17, 15) is 0 Å². The fraction of sp³-hybridized carbons (Fsp3) is 1.00. The first kappa shape index (κ1) is 14.6. The zero-order chi connectivity index (χ0) is 10.8. The summed E-state index contributed by atoms with van der Waals surface area (Å²) in [5.41, 5.74) is 0. The molecule has 0 atom stereocenters. The monoisotopic (exact) mass is 236 g/mol. The molecule has 0 saturated heterocycles. The van der Waals surface area contributed by atoms with E-state index in [2.05, 4.69) is 49.2 Å². The molecule has 0 N–H and O–H groups in total. The van der Waals surface area contributed by atoms with Crippen LogP contribution in [0.25, 0.3) is 0 Å². The van der Waals surface area contributed by atoms with Gasteiger partial charge in [-0.05, 0) is 51.5 Å². The molecule has 4 heteroatoms. The first-order chi connectivity index (χ1) is 6.70. The first-order valence-corrected chi connectivity index (χ1v) is 6.56. The van der Waals surface area contributed by atoms with Crippen LogP contribution < -0.4 is 0 Å². The van der Waals surface area contributed by atoms with Crippen molar-refractivity contribution in [1.82, 2.24) is 9.80 Å². The lowest BCUT2D eigenvalue weighted by Crippen LogP contribution is -2.32. The molecule has 0 heterocycles. The summed E-state index contributed by atoms with van der Waals surface area (Å²) in [6.07, 6.45) is 2.36. The summed E-state index contributed by atoms with van der Waals surface area (Å²) < 4.78 is 0. The Hall–Kier alpha value is 0.620. The second-order valence-corrected chi connectivity index (χ2v) is 4.66. The van der Waals surface area contributed by atoms with Crippen molar-refractivity contribution in [3.63, 3.8) is 0 Å². The van der Waals surface area contributed by atoms with Gasteiger partial charge in [-0.2, -0.15) is 25.3 Å². The van der Waals surface area contributed by atoms with Crippen LogP contribution in [-0.2, 0) is 0 Å². The third kappa shape index (κ3) is 9.19. The molecule has 0 aromatic carbocycles. The predicted octanol–water partition coefficient (Wildman–Crippen LogP) is 1.49. The molecule has 0 unspecified atom stereocenters. The molecule has 0 aliphatic carbocycles. The van der Waals surface area contributed by atoms with E-state index in [0.717, 1.165) is 37.7 Å². The van der Waals surface area contributed by atoms with Gasteiger partial charge in [-0.15, -0.1) is 0 Å². The lowest BCUT2D eigenvalue weighted by Gasteiger charge is -2.21. The molecule has 86 valence electrons. The Morgan fingerprint density at radius 1 is 0.714 bits per heavy atom. The predicted molar refractivity (Wildman–Crippen MR) is 71.9 cm³/mol. The highest BCUT2D eigenvalue weighted by Gasteiger charge is 2.00. The maximum atomic E-state index is 4.20. The number of likely N-dealkylation sites (N-methyl/N-ethyl adjacent to an activating group) is 2. The average Bonchev–Trinajstić information content (AvgIpc) is 2.20. The lowest BCUT2D eigenvalue weighted by atomic mass is 10.4. The first-order valence-electron chi connectivity index (χ1n) is 5.29. The Morgan fingerprint density at radius 3 is 1.36 bits per heavy atom. The van der Waals surface area contributed by atoms with E-state index in [4.69, 9.17) is 0 Å². The molecular formula is C10H24N2S2. The van der Waals surface area contributed by atoms with E-state index < -0.39 is 0 Å². The largest absolute Gasteiger partial charge is 0.305 e. The van der Waals surface area contributed by atoms with Gasteiger partial charge < -0.3 is 9.80 Å². The zero-order valence-corrected chi connectivity index (χ0v) is 11.2. The van der Waals surface area contributed by atoms with Gasteiger partial charge in [0.05, 0.1) is 0 Å². The van der Waals surface area contributed by atoms with Crippen LogP contribution in [0.4, 0.5) is 0 Å². The number of thiol groups is 2. The third-order valence-corrected chi connectivity index (χ3v) is 2.89. The van der Waals surface area contributed by atoms with Crippen LogP contribution >= 0.6 is 25.3 Å². The highest BCUT2D eigenvalue weighted by Crippen LogP contribution is 1.93. The van der Waals surface area contributed by atoms with Gasteiger partial charge in [0.25, 0.3) is 0 Å². The molecule has 0 aliphatic rings. The van der Waals surface area contributed by atoms with Crippen LogP contribution in [-0.4, -0.2) is 61.6 Å². The second kappa shape index (κ2) is 10.1. The minimum atomic E-state index is 0.986. The van der Waals surface area contributed by atoms with Crippen molar-refractivity contribution in [1.29, 1.82) is 0 Å². The van der Waals surface area contributed by atoms with Gasteiger partial charge in [0.1, 0.15) is 0 Å². The van der Waals surface area contributed by atoms with Crippen molar-refractivity contribution in [3.05, 3.63) is 0 Å². The van der Waals surface area contributed by atoms with Crippen molar-refractivity contribution >= 4 is 25.3 Å². The quantitative estimate of drug-likeness (QED) is 0.586. The number of hydrogen-bond acceptors (Lipinski definition) is 4. The van der Waals surface area contributed by atoms with Gasteiger partial charge in [-0.3, -0.25) is 0 Å². The minimum Gasteiger partial charge on any atom is -0.305 e. The minimum absolute atomic E-state index is 0.986. The van der Waals surface area contributed by atoms with Gasteiger partial charge in [0.15, 0.2) is 0 Å². The van der Waals surface area contributed by atoms with Crippen molar-refractivity contribution in [2.24, 2.45) is 0 Å². The molecule has 0 aromatic rings. The Labute approximate surface area is 99.9 Å². The Kier molecular flexibility index (Phi) is 10.6. The number of hydrogen-bond donors (Lipinski definition) is 2. The fourth-order valence-electron chi connectivity index (χ4n) is 1.25. The molecule has 0 radical (unpaired) electrons. The molecular weight excluding hydrogens is 212 g/mol. The molecule has 0 amide bonds. The van der Waals surface area contributed by atoms with Crippen LogP contribution in [0.2, 0.25) is 0 Å². The van der Waals surface area contributed by atoms with Crippen LogP contribution in [0, 0.1) is 0 Å². The highest BCUT2D eigenvalue weighted by molar-refractivity contribution is 7.80. The Balaban J connectivity index is 3.31. The van der Waals surface area contributed by atoms with Crippen molar-refractivity contribution in [2.45, 2.75) is 12.8 Å². The summed E-state index contributed by atoms with van der Waals surface area (Å²) in [7, 11) is 4.35. The topological polar surface area (TPSA) is 6.48 Å². The molecule has 0 spiro atoms. The molecule has 0 saturated carbocycles. The summed E-state index contributed by atoms with van der Waals surface area (Å²) in [5, 5.41) is 0. The lowest BCUT2D eigenvalue weighted by molar-refractivity contribution is 0.258. The van der Waals surface area contributed by atoms with Crippen LogP contribution in [0.1, 0.15) is 12.8 Å². The van der Waals surface area contributed by atoms with Crippen molar-refractivity contribution < 1.29 is 0 Å². The maximum Gasteiger partial charge on any atom is 0.0106 e. The van der Waals surface area contributed by atoms with Gasteiger partial charge in [-0.1, -0.05) is 0 Å². The summed E-state index contributed by atoms with van der Waals surface area (Å²) in [5.74, 6) is 1.97. The molecule has 14 heavy (non-hydrogen) atoms. The van der Waals surface area contributed by atoms with E-state index in [1.807, 2.05) is 0 Å².